The maximum absolute atomic E-state index is 13.5. The van der Waals surface area contributed by atoms with Crippen molar-refractivity contribution in [1.29, 1.82) is 0 Å². The smallest absolute Gasteiger partial charge is 0.272 e. The van der Waals surface area contributed by atoms with Crippen LogP contribution in [0, 0.1) is 17.0 Å². The maximum atomic E-state index is 13.5. The van der Waals surface area contributed by atoms with Crippen molar-refractivity contribution < 1.29 is 13.6 Å². The van der Waals surface area contributed by atoms with E-state index in [9.17, 15) is 13.6 Å². The van der Waals surface area contributed by atoms with Crippen LogP contribution in [0.25, 0.3) is 10.9 Å². The van der Waals surface area contributed by atoms with Gasteiger partial charge in [0.25, 0.3) is 5.91 Å². The molecule has 2 saturated carbocycles. The van der Waals surface area contributed by atoms with Crippen LogP contribution in [0.1, 0.15) is 49.0 Å². The third kappa shape index (κ3) is 3.24. The van der Waals surface area contributed by atoms with Crippen molar-refractivity contribution >= 4 is 28.3 Å². The lowest BCUT2D eigenvalue weighted by molar-refractivity contribution is 0.0580. The summed E-state index contributed by atoms with van der Waals surface area (Å²) in [6, 6.07) is 6.96. The van der Waals surface area contributed by atoms with Crippen LogP contribution in [0.5, 0.6) is 0 Å². The molecular weight excluding hydrogens is 374 g/mol. The summed E-state index contributed by atoms with van der Waals surface area (Å²) in [5.41, 5.74) is 1.43. The number of carbonyl (C=O) groups is 1. The van der Waals surface area contributed by atoms with Gasteiger partial charge in [0.05, 0.1) is 5.52 Å². The standard InChI is InChI=1S/C22H22F2N4O/c23-14-10-15(24)12-16(11-14)26-18-9-13-4-8-25-19(13)20(28-18)21(29)27-17-3-7-22(17)5-1-2-6-22/h4,8-12,17,25H,1-3,5-7H2,(H,26,28)(H,27,29). The molecule has 2 fully saturated rings. The van der Waals surface area contributed by atoms with Crippen LogP contribution in [0.3, 0.4) is 0 Å². The van der Waals surface area contributed by atoms with Crippen LogP contribution in [-0.4, -0.2) is 21.9 Å². The lowest BCUT2D eigenvalue weighted by atomic mass is 9.63. The number of aromatic nitrogens is 2. The highest BCUT2D eigenvalue weighted by atomic mass is 19.1. The quantitative estimate of drug-likeness (QED) is 0.579. The summed E-state index contributed by atoms with van der Waals surface area (Å²) in [6.07, 6.45) is 8.74. The number of hydrogen-bond acceptors (Lipinski definition) is 3. The average molecular weight is 396 g/mol. The van der Waals surface area contributed by atoms with Gasteiger partial charge >= 0.3 is 0 Å². The molecule has 0 saturated heterocycles. The van der Waals surface area contributed by atoms with Crippen LogP contribution >= 0.6 is 0 Å². The predicted molar refractivity (Wildman–Crippen MR) is 107 cm³/mol. The van der Waals surface area contributed by atoms with Crippen molar-refractivity contribution in [2.75, 3.05) is 5.32 Å². The van der Waals surface area contributed by atoms with E-state index in [4.69, 9.17) is 0 Å². The van der Waals surface area contributed by atoms with Gasteiger partial charge in [-0.15, -0.1) is 0 Å². The molecule has 1 spiro atoms. The number of hydrogen-bond donors (Lipinski definition) is 3. The average Bonchev–Trinajstić information content (AvgIpc) is 3.34. The number of carbonyl (C=O) groups excluding carboxylic acids is 1. The summed E-state index contributed by atoms with van der Waals surface area (Å²) < 4.78 is 27.0. The zero-order valence-electron chi connectivity index (χ0n) is 15.9. The van der Waals surface area contributed by atoms with Gasteiger partial charge in [0.1, 0.15) is 17.5 Å². The largest absolute Gasteiger partial charge is 0.359 e. The molecule has 29 heavy (non-hydrogen) atoms. The molecule has 2 aromatic heterocycles. The Kier molecular flexibility index (Phi) is 4.26. The first-order chi connectivity index (χ1) is 14.0. The van der Waals surface area contributed by atoms with Crippen LogP contribution in [-0.2, 0) is 0 Å². The fourth-order valence-corrected chi connectivity index (χ4v) is 4.89. The molecule has 2 aliphatic carbocycles. The number of amides is 1. The maximum Gasteiger partial charge on any atom is 0.272 e. The molecule has 5 nitrogen and oxygen atoms in total. The fourth-order valence-electron chi connectivity index (χ4n) is 4.89. The van der Waals surface area contributed by atoms with E-state index in [0.717, 1.165) is 17.9 Å². The van der Waals surface area contributed by atoms with Gasteiger partial charge in [-0.3, -0.25) is 4.79 Å². The molecule has 7 heteroatoms. The highest BCUT2D eigenvalue weighted by Gasteiger charge is 2.48. The lowest BCUT2D eigenvalue weighted by Crippen LogP contribution is -2.54. The van der Waals surface area contributed by atoms with Crippen molar-refractivity contribution in [2.24, 2.45) is 5.41 Å². The van der Waals surface area contributed by atoms with Gasteiger partial charge in [-0.1, -0.05) is 12.8 Å². The molecule has 5 rings (SSSR count). The van der Waals surface area contributed by atoms with Crippen molar-refractivity contribution in [3.8, 4) is 0 Å². The lowest BCUT2D eigenvalue weighted by Gasteiger charge is -2.47. The van der Waals surface area contributed by atoms with E-state index in [1.807, 2.05) is 6.07 Å². The zero-order chi connectivity index (χ0) is 20.0. The molecule has 3 aromatic rings. The van der Waals surface area contributed by atoms with E-state index in [0.29, 0.717) is 11.3 Å². The summed E-state index contributed by atoms with van der Waals surface area (Å²) >= 11 is 0. The molecule has 150 valence electrons. The normalized spacial score (nSPS) is 20.0. The minimum Gasteiger partial charge on any atom is -0.359 e. The second-order valence-corrected chi connectivity index (χ2v) is 8.22. The second-order valence-electron chi connectivity index (χ2n) is 8.22. The van der Waals surface area contributed by atoms with E-state index < -0.39 is 11.6 Å². The molecule has 1 unspecified atom stereocenters. The van der Waals surface area contributed by atoms with E-state index in [2.05, 4.69) is 20.6 Å². The SMILES string of the molecule is O=C(NC1CCC12CCCC2)c1nc(Nc2cc(F)cc(F)c2)cc2cc[nH]c12. The number of H-pyrrole nitrogens is 1. The molecule has 0 bridgehead atoms. The summed E-state index contributed by atoms with van der Waals surface area (Å²) in [5, 5.41) is 6.89. The molecule has 2 aliphatic rings. The highest BCUT2D eigenvalue weighted by molar-refractivity contribution is 6.05. The monoisotopic (exact) mass is 396 g/mol. The first-order valence-corrected chi connectivity index (χ1v) is 10.0. The first kappa shape index (κ1) is 18.1. The van der Waals surface area contributed by atoms with Gasteiger partial charge in [0.15, 0.2) is 5.69 Å². The summed E-state index contributed by atoms with van der Waals surface area (Å²) in [5.74, 6) is -1.22. The fraction of sp³-hybridized carbons (Fsp3) is 0.364. The third-order valence-corrected chi connectivity index (χ3v) is 6.47. The van der Waals surface area contributed by atoms with Crippen molar-refractivity contribution in [3.05, 3.63) is 53.9 Å². The Morgan fingerprint density at radius 2 is 1.86 bits per heavy atom. The molecule has 1 aromatic carbocycles. The van der Waals surface area contributed by atoms with Gasteiger partial charge in [0, 0.05) is 29.4 Å². The highest BCUT2D eigenvalue weighted by Crippen LogP contribution is 2.53. The Morgan fingerprint density at radius 3 is 2.55 bits per heavy atom. The van der Waals surface area contributed by atoms with E-state index in [1.165, 1.54) is 44.2 Å². The number of anilines is 2. The Morgan fingerprint density at radius 1 is 1.10 bits per heavy atom. The van der Waals surface area contributed by atoms with Crippen LogP contribution in [0.2, 0.25) is 0 Å². The Labute approximate surface area is 166 Å². The van der Waals surface area contributed by atoms with Gasteiger partial charge in [-0.25, -0.2) is 13.8 Å². The number of nitrogens with zero attached hydrogens (tertiary/aromatic N) is 1. The topological polar surface area (TPSA) is 69.8 Å². The van der Waals surface area contributed by atoms with Crippen LogP contribution in [0.4, 0.5) is 20.3 Å². The minimum absolute atomic E-state index is 0.193. The molecule has 3 N–H and O–H groups in total. The molecule has 0 radical (unpaired) electrons. The van der Waals surface area contributed by atoms with Crippen molar-refractivity contribution in [1.82, 2.24) is 15.3 Å². The molecule has 1 atom stereocenters. The minimum atomic E-state index is -0.681. The number of rotatable bonds is 4. The van der Waals surface area contributed by atoms with Gasteiger partial charge in [-0.2, -0.15) is 0 Å². The van der Waals surface area contributed by atoms with Gasteiger partial charge < -0.3 is 15.6 Å². The van der Waals surface area contributed by atoms with E-state index >= 15 is 0 Å². The first-order valence-electron chi connectivity index (χ1n) is 10.0. The third-order valence-electron chi connectivity index (χ3n) is 6.47. The number of nitrogens with one attached hydrogen (secondary N) is 3. The Balaban J connectivity index is 1.44. The number of aromatic amines is 1. The number of pyridine rings is 1. The van der Waals surface area contributed by atoms with E-state index in [-0.39, 0.29) is 28.7 Å². The van der Waals surface area contributed by atoms with Crippen LogP contribution in [0.15, 0.2) is 36.5 Å². The Hall–Kier alpha value is -2.96. The van der Waals surface area contributed by atoms with Crippen molar-refractivity contribution in [3.63, 3.8) is 0 Å². The van der Waals surface area contributed by atoms with Gasteiger partial charge in [0.2, 0.25) is 0 Å². The molecule has 2 heterocycles. The Bertz CT molecular complexity index is 1070. The molecular formula is C22H22F2N4O. The number of fused-ring (bicyclic) bond motifs is 1. The number of halogens is 2. The van der Waals surface area contributed by atoms with E-state index in [1.54, 1.807) is 12.3 Å². The number of benzene rings is 1. The van der Waals surface area contributed by atoms with Crippen LogP contribution < -0.4 is 10.6 Å². The molecule has 0 aliphatic heterocycles. The zero-order valence-corrected chi connectivity index (χ0v) is 15.9. The summed E-state index contributed by atoms with van der Waals surface area (Å²) in [4.78, 5) is 20.6. The summed E-state index contributed by atoms with van der Waals surface area (Å²) in [7, 11) is 0. The predicted octanol–water partition coefficient (Wildman–Crippen LogP) is 5.04. The van der Waals surface area contributed by atoms with Crippen molar-refractivity contribution in [2.45, 2.75) is 44.6 Å². The second kappa shape index (κ2) is 6.83. The summed E-state index contributed by atoms with van der Waals surface area (Å²) in [6.45, 7) is 0. The van der Waals surface area contributed by atoms with Gasteiger partial charge in [-0.05, 0) is 55.4 Å². The molecule has 1 amide bonds.